The van der Waals surface area contributed by atoms with Crippen LogP contribution in [-0.2, 0) is 17.9 Å². The molecule has 3 unspecified atom stereocenters. The summed E-state index contributed by atoms with van der Waals surface area (Å²) in [6.07, 6.45) is 2.16. The fourth-order valence-corrected chi connectivity index (χ4v) is 4.06. The van der Waals surface area contributed by atoms with Crippen LogP contribution in [0.25, 0.3) is 0 Å². The Kier molecular flexibility index (Phi) is 6.09. The van der Waals surface area contributed by atoms with E-state index in [2.05, 4.69) is 72.5 Å². The van der Waals surface area contributed by atoms with E-state index in [1.54, 1.807) is 0 Å². The Morgan fingerprint density at radius 3 is 1.96 bits per heavy atom. The van der Waals surface area contributed by atoms with Crippen LogP contribution in [0.3, 0.4) is 0 Å². The summed E-state index contributed by atoms with van der Waals surface area (Å²) in [5.41, 5.74) is 2.64. The van der Waals surface area contributed by atoms with Gasteiger partial charge in [-0.25, -0.2) is 0 Å². The van der Waals surface area contributed by atoms with Crippen molar-refractivity contribution >= 4 is 13.6 Å². The minimum Gasteiger partial charge on any atom is -0.300 e. The first-order chi connectivity index (χ1) is 12.2. The largest absolute Gasteiger partial charge is 0.300 e. The minimum absolute atomic E-state index is 0.115. The molecule has 0 spiro atoms. The van der Waals surface area contributed by atoms with Crippen molar-refractivity contribution in [3.8, 4) is 0 Å². The van der Waals surface area contributed by atoms with Crippen LogP contribution in [0, 0.1) is 11.8 Å². The Morgan fingerprint density at radius 1 is 0.960 bits per heavy atom. The maximum atomic E-state index is 12.2. The molecule has 2 aromatic rings. The molecule has 2 nitrogen and oxygen atoms in total. The van der Waals surface area contributed by atoms with E-state index in [1.165, 1.54) is 11.1 Å². The van der Waals surface area contributed by atoms with Crippen molar-refractivity contribution in [3.63, 3.8) is 0 Å². The number of hydrogen-bond donors (Lipinski definition) is 0. The molecule has 0 aromatic heterocycles. The van der Waals surface area contributed by atoms with Crippen LogP contribution < -0.4 is 0 Å². The van der Waals surface area contributed by atoms with Crippen LogP contribution in [0.15, 0.2) is 60.7 Å². The Balaban J connectivity index is 1.77. The van der Waals surface area contributed by atoms with E-state index in [-0.39, 0.29) is 18.0 Å². The number of nitrogens with zero attached hydrogens (tertiary/aromatic N) is 1. The van der Waals surface area contributed by atoms with Gasteiger partial charge < -0.3 is 4.79 Å². The second kappa shape index (κ2) is 8.49. The molecule has 2 aromatic carbocycles. The number of carbonyl (C=O) groups is 1. The SMILES string of the molecule is [B]CC(=O)C1CC(N(Cc2ccccc2)Cc2ccccc2)CC1C. The number of ketones is 1. The van der Waals surface area contributed by atoms with Crippen LogP contribution in [-0.4, -0.2) is 24.6 Å². The van der Waals surface area contributed by atoms with Crippen molar-refractivity contribution in [2.75, 3.05) is 0 Å². The van der Waals surface area contributed by atoms with E-state index in [9.17, 15) is 4.79 Å². The van der Waals surface area contributed by atoms with Crippen LogP contribution in [0.4, 0.5) is 0 Å². The zero-order valence-corrected chi connectivity index (χ0v) is 15.0. The summed E-state index contributed by atoms with van der Waals surface area (Å²) >= 11 is 0. The van der Waals surface area contributed by atoms with E-state index in [1.807, 2.05) is 0 Å². The lowest BCUT2D eigenvalue weighted by molar-refractivity contribution is -0.121. The van der Waals surface area contributed by atoms with Gasteiger partial charge in [-0.3, -0.25) is 4.90 Å². The van der Waals surface area contributed by atoms with Gasteiger partial charge in [0.25, 0.3) is 0 Å². The van der Waals surface area contributed by atoms with Gasteiger partial charge in [0, 0.05) is 25.0 Å². The molecule has 3 atom stereocenters. The molecule has 1 saturated carbocycles. The van der Waals surface area contributed by atoms with Gasteiger partial charge >= 0.3 is 0 Å². The van der Waals surface area contributed by atoms with Gasteiger partial charge in [0.1, 0.15) is 5.78 Å². The predicted molar refractivity (Wildman–Crippen MR) is 103 cm³/mol. The highest BCUT2D eigenvalue weighted by molar-refractivity contribution is 6.20. The molecule has 3 rings (SSSR count). The normalized spacial score (nSPS) is 23.0. The fraction of sp³-hybridized carbons (Fsp3) is 0.409. The first-order valence-electron chi connectivity index (χ1n) is 9.22. The maximum absolute atomic E-state index is 12.2. The van der Waals surface area contributed by atoms with Crippen molar-refractivity contribution in [2.24, 2.45) is 11.8 Å². The van der Waals surface area contributed by atoms with Crippen molar-refractivity contribution in [1.82, 2.24) is 4.90 Å². The quantitative estimate of drug-likeness (QED) is 0.707. The number of hydrogen-bond acceptors (Lipinski definition) is 2. The minimum atomic E-state index is 0.115. The molecular weight excluding hydrogens is 305 g/mol. The molecule has 1 fully saturated rings. The van der Waals surface area contributed by atoms with Gasteiger partial charge in [0.05, 0.1) is 7.85 Å². The zero-order chi connectivity index (χ0) is 17.6. The van der Waals surface area contributed by atoms with Gasteiger partial charge in [-0.2, -0.15) is 0 Å². The molecule has 1 aliphatic rings. The summed E-state index contributed by atoms with van der Waals surface area (Å²) in [4.78, 5) is 14.7. The Bertz CT molecular complexity index is 631. The van der Waals surface area contributed by atoms with Crippen LogP contribution in [0.2, 0.25) is 6.32 Å². The molecule has 0 saturated heterocycles. The number of rotatable bonds is 7. The van der Waals surface area contributed by atoms with Gasteiger partial charge in [0.2, 0.25) is 0 Å². The molecule has 0 heterocycles. The zero-order valence-electron chi connectivity index (χ0n) is 15.0. The van der Waals surface area contributed by atoms with Gasteiger partial charge in [-0.1, -0.05) is 67.6 Å². The molecular formula is C22H26BNO. The van der Waals surface area contributed by atoms with Gasteiger partial charge in [0.15, 0.2) is 0 Å². The number of Topliss-reactive ketones (excluding diaryl/α,β-unsaturated/α-hetero) is 1. The van der Waals surface area contributed by atoms with E-state index in [0.29, 0.717) is 12.0 Å². The van der Waals surface area contributed by atoms with E-state index >= 15 is 0 Å². The summed E-state index contributed by atoms with van der Waals surface area (Å²) < 4.78 is 0. The van der Waals surface area contributed by atoms with Crippen molar-refractivity contribution in [2.45, 2.75) is 45.2 Å². The summed E-state index contributed by atoms with van der Waals surface area (Å²) in [7, 11) is 5.62. The molecule has 128 valence electrons. The lowest BCUT2D eigenvalue weighted by atomic mass is 9.86. The average molecular weight is 331 g/mol. The second-order valence-corrected chi connectivity index (χ2v) is 7.26. The standard InChI is InChI=1S/C22H26BNO/c1-17-12-20(13-21(17)22(25)14-23)24(15-18-8-4-2-5-9-18)16-19-10-6-3-7-11-19/h2-11,17,20-21H,12-16H2,1H3. The lowest BCUT2D eigenvalue weighted by Gasteiger charge is -2.29. The molecule has 25 heavy (non-hydrogen) atoms. The predicted octanol–water partition coefficient (Wildman–Crippen LogP) is 4.26. The maximum Gasteiger partial charge on any atom is 0.127 e. The van der Waals surface area contributed by atoms with Crippen LogP contribution >= 0.6 is 0 Å². The topological polar surface area (TPSA) is 20.3 Å². The lowest BCUT2D eigenvalue weighted by Crippen LogP contribution is -2.33. The summed E-state index contributed by atoms with van der Waals surface area (Å²) in [6, 6.07) is 21.6. The first-order valence-corrected chi connectivity index (χ1v) is 9.22. The van der Waals surface area contributed by atoms with Crippen molar-refractivity contribution in [1.29, 1.82) is 0 Å². The van der Waals surface area contributed by atoms with Gasteiger partial charge in [-0.15, -0.1) is 0 Å². The third-order valence-electron chi connectivity index (χ3n) is 5.44. The Hall–Kier alpha value is -1.87. The third kappa shape index (κ3) is 4.61. The fourth-order valence-electron chi connectivity index (χ4n) is 4.06. The first kappa shape index (κ1) is 17.9. The highest BCUT2D eigenvalue weighted by atomic mass is 16.1. The second-order valence-electron chi connectivity index (χ2n) is 7.26. The van der Waals surface area contributed by atoms with Crippen LogP contribution in [0.5, 0.6) is 0 Å². The number of carbonyl (C=O) groups excluding carboxylic acids is 1. The summed E-state index contributed by atoms with van der Waals surface area (Å²) in [6.45, 7) is 4.02. The van der Waals surface area contributed by atoms with Crippen molar-refractivity contribution in [3.05, 3.63) is 71.8 Å². The smallest absolute Gasteiger partial charge is 0.127 e. The third-order valence-corrected chi connectivity index (χ3v) is 5.44. The molecule has 0 aliphatic heterocycles. The number of benzene rings is 2. The van der Waals surface area contributed by atoms with E-state index in [4.69, 9.17) is 7.85 Å². The highest BCUT2D eigenvalue weighted by Crippen LogP contribution is 2.37. The summed E-state index contributed by atoms with van der Waals surface area (Å²) in [5, 5.41) is 0. The van der Waals surface area contributed by atoms with E-state index < -0.39 is 0 Å². The Morgan fingerprint density at radius 2 is 1.48 bits per heavy atom. The van der Waals surface area contributed by atoms with E-state index in [0.717, 1.165) is 25.9 Å². The van der Waals surface area contributed by atoms with Crippen molar-refractivity contribution < 1.29 is 4.79 Å². The molecule has 0 amide bonds. The monoisotopic (exact) mass is 331 g/mol. The Labute approximate surface area is 152 Å². The van der Waals surface area contributed by atoms with Crippen LogP contribution in [0.1, 0.15) is 30.9 Å². The van der Waals surface area contributed by atoms with Gasteiger partial charge in [-0.05, 0) is 36.2 Å². The summed E-state index contributed by atoms with van der Waals surface area (Å²) in [5.74, 6) is 0.744. The molecule has 1 aliphatic carbocycles. The highest BCUT2D eigenvalue weighted by Gasteiger charge is 2.37. The molecule has 0 bridgehead atoms. The molecule has 3 heteroatoms. The average Bonchev–Trinajstić information content (AvgIpc) is 3.04. The molecule has 2 radical (unpaired) electrons. The molecule has 0 N–H and O–H groups in total.